The monoisotopic (exact) mass is 286 g/mol. The van der Waals surface area contributed by atoms with Crippen molar-refractivity contribution in [3.05, 3.63) is 45.2 Å². The number of hydrogen-bond acceptors (Lipinski definition) is 4. The van der Waals surface area contributed by atoms with Crippen LogP contribution in [0.2, 0.25) is 0 Å². The van der Waals surface area contributed by atoms with E-state index in [1.54, 1.807) is 0 Å². The summed E-state index contributed by atoms with van der Waals surface area (Å²) in [6, 6.07) is 5.09. The van der Waals surface area contributed by atoms with E-state index in [1.807, 2.05) is 12.1 Å². The van der Waals surface area contributed by atoms with Crippen LogP contribution in [0.1, 0.15) is 5.76 Å². The Morgan fingerprint density at radius 1 is 1.47 bits per heavy atom. The second-order valence-electron chi connectivity index (χ2n) is 2.73. The third-order valence-corrected chi connectivity index (χ3v) is 2.96. The van der Waals surface area contributed by atoms with Gasteiger partial charge < -0.3 is 9.40 Å². The summed E-state index contributed by atoms with van der Waals surface area (Å²) in [4.78, 5) is 17.6. The van der Waals surface area contributed by atoms with Crippen molar-refractivity contribution in [1.29, 1.82) is 0 Å². The van der Waals surface area contributed by atoms with Crippen LogP contribution in [0.5, 0.6) is 0 Å². The number of nitrogens with zero attached hydrogens (tertiary/aromatic N) is 1. The van der Waals surface area contributed by atoms with Gasteiger partial charge in [-0.25, -0.2) is 4.98 Å². The molecule has 0 atom stereocenters. The highest BCUT2D eigenvalue weighted by molar-refractivity contribution is 9.10. The van der Waals surface area contributed by atoms with Crippen molar-refractivity contribution in [3.8, 4) is 0 Å². The van der Waals surface area contributed by atoms with Crippen LogP contribution in [0.4, 0.5) is 0 Å². The molecule has 0 saturated heterocycles. The molecule has 78 valence electrons. The summed E-state index contributed by atoms with van der Waals surface area (Å²) in [6.07, 6.45) is 1.49. The summed E-state index contributed by atoms with van der Waals surface area (Å²) < 4.78 is 6.01. The normalized spacial score (nSPS) is 10.5. The number of aromatic nitrogens is 2. The van der Waals surface area contributed by atoms with Crippen molar-refractivity contribution < 1.29 is 4.42 Å². The molecule has 0 aliphatic heterocycles. The first-order valence-corrected chi connectivity index (χ1v) is 5.94. The topological polar surface area (TPSA) is 58.9 Å². The van der Waals surface area contributed by atoms with Crippen molar-refractivity contribution in [2.45, 2.75) is 10.9 Å². The SMILES string of the molecule is O=c1ccnc(SCc2ccc(Br)o2)[nH]1. The van der Waals surface area contributed by atoms with Gasteiger partial charge in [-0.05, 0) is 28.1 Å². The minimum atomic E-state index is -0.145. The summed E-state index contributed by atoms with van der Waals surface area (Å²) in [5, 5.41) is 0.593. The van der Waals surface area contributed by atoms with E-state index in [2.05, 4.69) is 25.9 Å². The standard InChI is InChI=1S/C9H7BrN2O2S/c10-7-2-1-6(14-7)5-15-9-11-4-3-8(13)12-9/h1-4H,5H2,(H,11,12,13). The lowest BCUT2D eigenvalue weighted by Crippen LogP contribution is -2.05. The molecule has 0 fully saturated rings. The second-order valence-corrected chi connectivity index (χ2v) is 4.48. The largest absolute Gasteiger partial charge is 0.453 e. The highest BCUT2D eigenvalue weighted by Gasteiger charge is 2.02. The molecule has 2 heterocycles. The van der Waals surface area contributed by atoms with E-state index >= 15 is 0 Å². The number of nitrogens with one attached hydrogen (secondary N) is 1. The second kappa shape index (κ2) is 4.67. The van der Waals surface area contributed by atoms with Gasteiger partial charge in [0.05, 0.1) is 5.75 Å². The number of halogens is 1. The van der Waals surface area contributed by atoms with Gasteiger partial charge >= 0.3 is 0 Å². The highest BCUT2D eigenvalue weighted by atomic mass is 79.9. The van der Waals surface area contributed by atoms with E-state index in [1.165, 1.54) is 24.0 Å². The van der Waals surface area contributed by atoms with E-state index in [0.717, 1.165) is 5.76 Å². The Kier molecular flexibility index (Phi) is 3.27. The van der Waals surface area contributed by atoms with Crippen molar-refractivity contribution in [2.75, 3.05) is 0 Å². The average molecular weight is 287 g/mol. The van der Waals surface area contributed by atoms with E-state index in [0.29, 0.717) is 15.6 Å². The van der Waals surface area contributed by atoms with E-state index < -0.39 is 0 Å². The molecule has 2 aromatic heterocycles. The summed E-state index contributed by atoms with van der Waals surface area (Å²) in [5.74, 6) is 1.47. The fourth-order valence-corrected chi connectivity index (χ4v) is 2.08. The summed E-state index contributed by atoms with van der Waals surface area (Å²) in [6.45, 7) is 0. The molecule has 0 bridgehead atoms. The Bertz CT molecular complexity index is 509. The van der Waals surface area contributed by atoms with Crippen LogP contribution in [-0.2, 0) is 5.75 Å². The van der Waals surface area contributed by atoms with Gasteiger partial charge in [0.1, 0.15) is 5.76 Å². The molecule has 6 heteroatoms. The molecule has 2 aromatic rings. The predicted octanol–water partition coefficient (Wildman–Crippen LogP) is 2.42. The quantitative estimate of drug-likeness (QED) is 0.695. The minimum absolute atomic E-state index is 0.145. The van der Waals surface area contributed by atoms with Gasteiger partial charge in [0.25, 0.3) is 5.56 Å². The first kappa shape index (κ1) is 10.5. The molecule has 0 radical (unpaired) electrons. The fraction of sp³-hybridized carbons (Fsp3) is 0.111. The Hall–Kier alpha value is -1.01. The number of aromatic amines is 1. The van der Waals surface area contributed by atoms with Gasteiger partial charge in [0.2, 0.25) is 0 Å². The number of H-pyrrole nitrogens is 1. The summed E-state index contributed by atoms with van der Waals surface area (Å²) in [7, 11) is 0. The molecule has 2 rings (SSSR count). The Morgan fingerprint density at radius 3 is 3.00 bits per heavy atom. The van der Waals surface area contributed by atoms with Crippen LogP contribution in [0.25, 0.3) is 0 Å². The van der Waals surface area contributed by atoms with Gasteiger partial charge in [-0.2, -0.15) is 0 Å². The maximum atomic E-state index is 11.0. The highest BCUT2D eigenvalue weighted by Crippen LogP contribution is 2.21. The predicted molar refractivity (Wildman–Crippen MR) is 60.8 cm³/mol. The number of furan rings is 1. The molecule has 4 nitrogen and oxygen atoms in total. The molecule has 0 aliphatic carbocycles. The lowest BCUT2D eigenvalue weighted by Gasteiger charge is -1.96. The lowest BCUT2D eigenvalue weighted by molar-refractivity contribution is 0.506. The molecule has 0 unspecified atom stereocenters. The van der Waals surface area contributed by atoms with Crippen molar-refractivity contribution in [3.63, 3.8) is 0 Å². The number of thioether (sulfide) groups is 1. The van der Waals surface area contributed by atoms with Crippen LogP contribution in [0.3, 0.4) is 0 Å². The van der Waals surface area contributed by atoms with Gasteiger partial charge in [0.15, 0.2) is 9.83 Å². The van der Waals surface area contributed by atoms with Crippen molar-refractivity contribution in [2.24, 2.45) is 0 Å². The summed E-state index contributed by atoms with van der Waals surface area (Å²) >= 11 is 4.64. The maximum absolute atomic E-state index is 11.0. The fourth-order valence-electron chi connectivity index (χ4n) is 0.994. The lowest BCUT2D eigenvalue weighted by atomic mass is 10.5. The maximum Gasteiger partial charge on any atom is 0.251 e. The molecule has 0 amide bonds. The zero-order valence-electron chi connectivity index (χ0n) is 7.57. The zero-order valence-corrected chi connectivity index (χ0v) is 9.97. The molecule has 0 spiro atoms. The molecular formula is C9H7BrN2O2S. The molecule has 0 aliphatic rings. The van der Waals surface area contributed by atoms with Crippen LogP contribution < -0.4 is 5.56 Å². The van der Waals surface area contributed by atoms with E-state index in [9.17, 15) is 4.79 Å². The van der Waals surface area contributed by atoms with Crippen LogP contribution >= 0.6 is 27.7 Å². The van der Waals surface area contributed by atoms with Crippen LogP contribution in [0.15, 0.2) is 43.4 Å². The van der Waals surface area contributed by atoms with Crippen molar-refractivity contribution in [1.82, 2.24) is 9.97 Å². The van der Waals surface area contributed by atoms with Gasteiger partial charge in [0, 0.05) is 12.3 Å². The Balaban J connectivity index is 2.02. The third kappa shape index (κ3) is 2.97. The minimum Gasteiger partial charge on any atom is -0.453 e. The molecule has 0 saturated carbocycles. The third-order valence-electron chi connectivity index (χ3n) is 1.63. The Labute approximate surface area is 98.2 Å². The van der Waals surface area contributed by atoms with Crippen LogP contribution in [0, 0.1) is 0 Å². The molecule has 1 N–H and O–H groups in total. The number of rotatable bonds is 3. The first-order valence-electron chi connectivity index (χ1n) is 4.16. The molecular weight excluding hydrogens is 280 g/mol. The average Bonchev–Trinajstić information content (AvgIpc) is 2.62. The summed E-state index contributed by atoms with van der Waals surface area (Å²) in [5.41, 5.74) is -0.145. The first-order chi connectivity index (χ1) is 7.24. The smallest absolute Gasteiger partial charge is 0.251 e. The van der Waals surface area contributed by atoms with E-state index in [4.69, 9.17) is 4.42 Å². The van der Waals surface area contributed by atoms with Gasteiger partial charge in [-0.3, -0.25) is 4.79 Å². The molecule has 0 aromatic carbocycles. The Morgan fingerprint density at radius 2 is 2.33 bits per heavy atom. The van der Waals surface area contributed by atoms with Crippen LogP contribution in [-0.4, -0.2) is 9.97 Å². The zero-order chi connectivity index (χ0) is 10.7. The molecule has 15 heavy (non-hydrogen) atoms. The number of hydrogen-bond donors (Lipinski definition) is 1. The van der Waals surface area contributed by atoms with Gasteiger partial charge in [-0.15, -0.1) is 0 Å². The van der Waals surface area contributed by atoms with Crippen molar-refractivity contribution >= 4 is 27.7 Å². The van der Waals surface area contributed by atoms with Gasteiger partial charge in [-0.1, -0.05) is 11.8 Å². The van der Waals surface area contributed by atoms with E-state index in [-0.39, 0.29) is 5.56 Å².